The summed E-state index contributed by atoms with van der Waals surface area (Å²) in [5.41, 5.74) is 0.580. The number of fused-ring (bicyclic) bond motifs is 1. The van der Waals surface area contributed by atoms with Gasteiger partial charge < -0.3 is 5.11 Å². The molecule has 0 spiro atoms. The van der Waals surface area contributed by atoms with E-state index in [4.69, 9.17) is 0 Å². The van der Waals surface area contributed by atoms with E-state index in [9.17, 15) is 5.11 Å². The van der Waals surface area contributed by atoms with E-state index >= 15 is 0 Å². The lowest BCUT2D eigenvalue weighted by Crippen LogP contribution is -2.38. The van der Waals surface area contributed by atoms with Gasteiger partial charge in [-0.1, -0.05) is 39.8 Å². The summed E-state index contributed by atoms with van der Waals surface area (Å²) in [5.74, 6) is 1.05. The molecule has 4 atom stereocenters. The number of hydrogen-bond acceptors (Lipinski definition) is 1. The normalized spacial score (nSPS) is 50.5. The molecule has 0 aromatic carbocycles. The molecular weight excluding hydrogens is 172 g/mol. The summed E-state index contributed by atoms with van der Waals surface area (Å²) in [6.07, 6.45) is 6.70. The van der Waals surface area contributed by atoms with Crippen LogP contribution in [0.4, 0.5) is 0 Å². The Morgan fingerprint density at radius 2 is 1.93 bits per heavy atom. The van der Waals surface area contributed by atoms with Crippen LogP contribution >= 0.6 is 0 Å². The Hall–Kier alpha value is -0.300. The first-order valence-corrected chi connectivity index (χ1v) is 5.74. The average molecular weight is 194 g/mol. The van der Waals surface area contributed by atoms with Crippen LogP contribution in [-0.2, 0) is 0 Å². The molecule has 0 saturated heterocycles. The van der Waals surface area contributed by atoms with Crippen molar-refractivity contribution in [1.82, 2.24) is 0 Å². The molecular formula is C13H22O. The first kappa shape index (κ1) is 10.2. The highest BCUT2D eigenvalue weighted by Gasteiger charge is 2.54. The number of allylic oxidation sites excluding steroid dienone is 2. The summed E-state index contributed by atoms with van der Waals surface area (Å²) in [4.78, 5) is 0. The lowest BCUT2D eigenvalue weighted by atomic mass is 9.59. The average Bonchev–Trinajstić information content (AvgIpc) is 2.30. The summed E-state index contributed by atoms with van der Waals surface area (Å²) < 4.78 is 0. The highest BCUT2D eigenvalue weighted by atomic mass is 16.3. The Balaban J connectivity index is 2.40. The van der Waals surface area contributed by atoms with E-state index < -0.39 is 0 Å². The van der Waals surface area contributed by atoms with Crippen molar-refractivity contribution in [3.63, 3.8) is 0 Å². The van der Waals surface area contributed by atoms with E-state index in [1.54, 1.807) is 0 Å². The van der Waals surface area contributed by atoms with Gasteiger partial charge in [0.15, 0.2) is 0 Å². The zero-order valence-corrected chi connectivity index (χ0v) is 9.75. The molecule has 1 saturated carbocycles. The van der Waals surface area contributed by atoms with Gasteiger partial charge in [0.2, 0.25) is 0 Å². The third-order valence-corrected chi connectivity index (χ3v) is 4.85. The van der Waals surface area contributed by atoms with Crippen molar-refractivity contribution < 1.29 is 5.11 Å². The van der Waals surface area contributed by atoms with Crippen LogP contribution < -0.4 is 0 Å². The predicted octanol–water partition coefficient (Wildman–Crippen LogP) is 3.00. The second-order valence-corrected chi connectivity index (χ2v) is 6.11. The molecule has 1 nitrogen and oxygen atoms in total. The fourth-order valence-corrected chi connectivity index (χ4v) is 3.62. The van der Waals surface area contributed by atoms with Crippen LogP contribution in [0.5, 0.6) is 0 Å². The van der Waals surface area contributed by atoms with E-state index in [-0.39, 0.29) is 11.5 Å². The van der Waals surface area contributed by atoms with Gasteiger partial charge >= 0.3 is 0 Å². The van der Waals surface area contributed by atoms with Crippen LogP contribution in [0.2, 0.25) is 0 Å². The van der Waals surface area contributed by atoms with Crippen LogP contribution in [0.3, 0.4) is 0 Å². The molecule has 2 rings (SSSR count). The maximum absolute atomic E-state index is 9.99. The first-order chi connectivity index (χ1) is 6.38. The third kappa shape index (κ3) is 1.18. The zero-order chi connectivity index (χ0) is 10.6. The molecule has 4 unspecified atom stereocenters. The van der Waals surface area contributed by atoms with Crippen LogP contribution in [0.15, 0.2) is 12.2 Å². The Morgan fingerprint density at radius 3 is 2.50 bits per heavy atom. The molecule has 80 valence electrons. The fraction of sp³-hybridized carbons (Fsp3) is 0.846. The van der Waals surface area contributed by atoms with Crippen molar-refractivity contribution in [2.24, 2.45) is 22.7 Å². The minimum absolute atomic E-state index is 0.105. The lowest BCUT2D eigenvalue weighted by Gasteiger charge is -2.45. The quantitative estimate of drug-likeness (QED) is 0.588. The molecule has 1 fully saturated rings. The predicted molar refractivity (Wildman–Crippen MR) is 58.9 cm³/mol. The maximum Gasteiger partial charge on any atom is 0.0577 e. The molecule has 0 aliphatic heterocycles. The highest BCUT2D eigenvalue weighted by Crippen LogP contribution is 2.58. The summed E-state index contributed by atoms with van der Waals surface area (Å²) in [5, 5.41) is 9.99. The van der Waals surface area contributed by atoms with Crippen molar-refractivity contribution in [2.45, 2.75) is 46.6 Å². The van der Waals surface area contributed by atoms with Gasteiger partial charge in [-0.25, -0.2) is 0 Å². The van der Waals surface area contributed by atoms with Gasteiger partial charge in [-0.3, -0.25) is 0 Å². The molecule has 0 radical (unpaired) electrons. The van der Waals surface area contributed by atoms with Gasteiger partial charge in [0.05, 0.1) is 6.10 Å². The van der Waals surface area contributed by atoms with Gasteiger partial charge in [-0.05, 0) is 35.5 Å². The SMILES string of the molecule is CC1C(O)CC2C(C)(C)CC=CC12C. The molecule has 0 aromatic rings. The zero-order valence-electron chi connectivity index (χ0n) is 9.75. The van der Waals surface area contributed by atoms with Crippen molar-refractivity contribution in [1.29, 1.82) is 0 Å². The number of aliphatic hydroxyl groups is 1. The van der Waals surface area contributed by atoms with Crippen LogP contribution in [0.1, 0.15) is 40.5 Å². The van der Waals surface area contributed by atoms with Gasteiger partial charge in [0, 0.05) is 0 Å². The molecule has 2 aliphatic rings. The summed E-state index contributed by atoms with van der Waals surface area (Å²) in [6, 6.07) is 0. The van der Waals surface area contributed by atoms with Crippen molar-refractivity contribution in [2.75, 3.05) is 0 Å². The summed E-state index contributed by atoms with van der Waals surface area (Å²) >= 11 is 0. The molecule has 0 bridgehead atoms. The largest absolute Gasteiger partial charge is 0.393 e. The van der Waals surface area contributed by atoms with Gasteiger partial charge in [0.1, 0.15) is 0 Å². The third-order valence-electron chi connectivity index (χ3n) is 4.85. The Bertz CT molecular complexity index is 266. The molecule has 0 aromatic heterocycles. The first-order valence-electron chi connectivity index (χ1n) is 5.74. The number of hydrogen-bond donors (Lipinski definition) is 1. The second-order valence-electron chi connectivity index (χ2n) is 6.11. The topological polar surface area (TPSA) is 20.2 Å². The van der Waals surface area contributed by atoms with Crippen LogP contribution in [-0.4, -0.2) is 11.2 Å². The van der Waals surface area contributed by atoms with E-state index in [0.29, 0.717) is 17.3 Å². The Kier molecular flexibility index (Phi) is 2.08. The smallest absolute Gasteiger partial charge is 0.0577 e. The van der Waals surface area contributed by atoms with Gasteiger partial charge in [0.25, 0.3) is 0 Å². The van der Waals surface area contributed by atoms with E-state index in [1.165, 1.54) is 0 Å². The molecule has 14 heavy (non-hydrogen) atoms. The molecule has 0 heterocycles. The number of aliphatic hydroxyl groups excluding tert-OH is 1. The summed E-state index contributed by atoms with van der Waals surface area (Å²) in [7, 11) is 0. The molecule has 2 aliphatic carbocycles. The van der Waals surface area contributed by atoms with Gasteiger partial charge in [-0.15, -0.1) is 0 Å². The van der Waals surface area contributed by atoms with E-state index in [1.807, 2.05) is 0 Å². The Labute approximate surface area is 87.2 Å². The van der Waals surface area contributed by atoms with E-state index in [2.05, 4.69) is 39.8 Å². The lowest BCUT2D eigenvalue weighted by molar-refractivity contribution is 0.0853. The molecule has 1 N–H and O–H groups in total. The van der Waals surface area contributed by atoms with Crippen LogP contribution in [0, 0.1) is 22.7 Å². The Morgan fingerprint density at radius 1 is 1.29 bits per heavy atom. The van der Waals surface area contributed by atoms with Gasteiger partial charge in [-0.2, -0.15) is 0 Å². The van der Waals surface area contributed by atoms with Crippen LogP contribution in [0.25, 0.3) is 0 Å². The van der Waals surface area contributed by atoms with Crippen molar-refractivity contribution in [3.05, 3.63) is 12.2 Å². The minimum atomic E-state index is -0.105. The maximum atomic E-state index is 9.99. The minimum Gasteiger partial charge on any atom is -0.393 e. The van der Waals surface area contributed by atoms with Crippen molar-refractivity contribution in [3.8, 4) is 0 Å². The fourth-order valence-electron chi connectivity index (χ4n) is 3.62. The monoisotopic (exact) mass is 194 g/mol. The second kappa shape index (κ2) is 2.85. The highest BCUT2D eigenvalue weighted by molar-refractivity contribution is 5.17. The number of rotatable bonds is 0. The van der Waals surface area contributed by atoms with Crippen molar-refractivity contribution >= 4 is 0 Å². The molecule has 1 heteroatoms. The molecule has 0 amide bonds. The standard InChI is InChI=1S/C13H22O/c1-9-10(14)8-11-12(2,3)6-5-7-13(9,11)4/h5,7,9-11,14H,6,8H2,1-4H3. The summed E-state index contributed by atoms with van der Waals surface area (Å²) in [6.45, 7) is 9.18. The van der Waals surface area contributed by atoms with E-state index in [0.717, 1.165) is 12.8 Å².